The van der Waals surface area contributed by atoms with Crippen LogP contribution in [-0.4, -0.2) is 38.2 Å². The van der Waals surface area contributed by atoms with Crippen molar-refractivity contribution in [1.29, 1.82) is 5.41 Å². The number of aromatic amines is 1. The number of benzene rings is 3. The van der Waals surface area contributed by atoms with Crippen LogP contribution in [0.3, 0.4) is 0 Å². The van der Waals surface area contributed by atoms with Crippen LogP contribution < -0.4 is 16.8 Å². The van der Waals surface area contributed by atoms with Crippen LogP contribution in [0.4, 0.5) is 5.69 Å². The molecular formula is C24H27Cl3N6. The standard InChI is InChI=1S/C16H17ClN4.C7H5Cl2N.CH5N/c1-19-12-6-10(4-5-20-9-18)16-14(8-12)13-7-11(17)2-3-15(13)21-16;8-6-2-1-5(4-10)3-7(6)9;1-2/h2-3,6-9,19,21H,4-5H2,1H3,(H2,18,20);1-4,10H;2H2,1H3. The number of fused-ring (bicyclic) bond motifs is 3. The van der Waals surface area contributed by atoms with E-state index in [1.54, 1.807) is 18.2 Å². The summed E-state index contributed by atoms with van der Waals surface area (Å²) >= 11 is 17.4. The van der Waals surface area contributed by atoms with Gasteiger partial charge in [-0.2, -0.15) is 0 Å². The van der Waals surface area contributed by atoms with Crippen molar-refractivity contribution >= 4 is 74.8 Å². The summed E-state index contributed by atoms with van der Waals surface area (Å²) in [6.07, 6.45) is 3.41. The zero-order valence-electron chi connectivity index (χ0n) is 18.4. The second kappa shape index (κ2) is 13.1. The fourth-order valence-corrected chi connectivity index (χ4v) is 3.73. The first-order valence-electron chi connectivity index (χ1n) is 10.1. The second-order valence-electron chi connectivity index (χ2n) is 6.75. The molecule has 0 saturated heterocycles. The Labute approximate surface area is 208 Å². The Morgan fingerprint density at radius 2 is 1.76 bits per heavy atom. The Bertz CT molecular complexity index is 1250. The minimum absolute atomic E-state index is 0.489. The van der Waals surface area contributed by atoms with Crippen molar-refractivity contribution in [1.82, 2.24) is 4.98 Å². The van der Waals surface area contributed by atoms with Gasteiger partial charge in [0.15, 0.2) is 0 Å². The number of nitrogens with two attached hydrogens (primary N) is 2. The molecule has 174 valence electrons. The lowest BCUT2D eigenvalue weighted by Crippen LogP contribution is -1.97. The van der Waals surface area contributed by atoms with E-state index >= 15 is 0 Å². The van der Waals surface area contributed by atoms with Crippen molar-refractivity contribution in [3.63, 3.8) is 0 Å². The number of aliphatic imine (C=N–C) groups is 1. The molecule has 0 saturated carbocycles. The summed E-state index contributed by atoms with van der Waals surface area (Å²) in [4.78, 5) is 7.58. The van der Waals surface area contributed by atoms with E-state index in [0.29, 0.717) is 16.6 Å². The zero-order valence-corrected chi connectivity index (χ0v) is 20.7. The van der Waals surface area contributed by atoms with Crippen LogP contribution in [0.5, 0.6) is 0 Å². The van der Waals surface area contributed by atoms with Gasteiger partial charge in [0.25, 0.3) is 0 Å². The van der Waals surface area contributed by atoms with Crippen LogP contribution >= 0.6 is 34.8 Å². The predicted molar refractivity (Wildman–Crippen MR) is 146 cm³/mol. The van der Waals surface area contributed by atoms with Gasteiger partial charge in [-0.05, 0) is 67.1 Å². The third kappa shape index (κ3) is 6.85. The maximum absolute atomic E-state index is 6.88. The number of rotatable bonds is 5. The number of hydrogen-bond acceptors (Lipinski definition) is 4. The predicted octanol–water partition coefficient (Wildman–Crippen LogP) is 6.11. The highest BCUT2D eigenvalue weighted by Gasteiger charge is 2.10. The topological polar surface area (TPSA) is 116 Å². The van der Waals surface area contributed by atoms with Crippen molar-refractivity contribution in [2.75, 3.05) is 26.0 Å². The minimum atomic E-state index is 0.489. The van der Waals surface area contributed by atoms with Gasteiger partial charge < -0.3 is 27.2 Å². The van der Waals surface area contributed by atoms with E-state index in [1.807, 2.05) is 25.2 Å². The van der Waals surface area contributed by atoms with Gasteiger partial charge in [0.1, 0.15) is 0 Å². The van der Waals surface area contributed by atoms with E-state index in [9.17, 15) is 0 Å². The Hall–Kier alpha value is -2.77. The fraction of sp³-hybridized carbons (Fsp3) is 0.167. The molecule has 0 aliphatic heterocycles. The molecule has 6 nitrogen and oxygen atoms in total. The molecule has 9 heteroatoms. The molecule has 0 fully saturated rings. The molecule has 33 heavy (non-hydrogen) atoms. The SMILES string of the molecule is CN.CNc1cc(CCN=CN)c2[nH]c3ccc(Cl)cc3c2c1.N=Cc1ccc(Cl)c(Cl)c1. The molecule has 7 N–H and O–H groups in total. The molecule has 4 aromatic rings. The molecule has 0 radical (unpaired) electrons. The number of nitrogens with zero attached hydrogens (tertiary/aromatic N) is 1. The Morgan fingerprint density at radius 1 is 1.00 bits per heavy atom. The number of anilines is 1. The van der Waals surface area contributed by atoms with Crippen LogP contribution in [0.25, 0.3) is 21.8 Å². The molecule has 0 aliphatic rings. The lowest BCUT2D eigenvalue weighted by molar-refractivity contribution is 0.977. The van der Waals surface area contributed by atoms with Crippen molar-refractivity contribution in [2.45, 2.75) is 6.42 Å². The molecule has 1 heterocycles. The van der Waals surface area contributed by atoms with Crippen molar-refractivity contribution < 1.29 is 0 Å². The summed E-state index contributed by atoms with van der Waals surface area (Å²) in [6.45, 7) is 0.675. The third-order valence-corrected chi connectivity index (χ3v) is 5.74. The summed E-state index contributed by atoms with van der Waals surface area (Å²) in [7, 11) is 3.42. The lowest BCUT2D eigenvalue weighted by atomic mass is 10.1. The van der Waals surface area contributed by atoms with Crippen molar-refractivity contribution in [3.8, 4) is 0 Å². The van der Waals surface area contributed by atoms with Crippen LogP contribution in [0.1, 0.15) is 11.1 Å². The zero-order chi connectivity index (χ0) is 24.4. The van der Waals surface area contributed by atoms with Crippen molar-refractivity contribution in [2.24, 2.45) is 16.5 Å². The van der Waals surface area contributed by atoms with Gasteiger partial charge in [-0.1, -0.05) is 40.9 Å². The molecule has 0 amide bonds. The van der Waals surface area contributed by atoms with Crippen LogP contribution in [0.15, 0.2) is 53.5 Å². The van der Waals surface area contributed by atoms with Gasteiger partial charge in [0.2, 0.25) is 0 Å². The van der Waals surface area contributed by atoms with E-state index in [2.05, 4.69) is 33.2 Å². The summed E-state index contributed by atoms with van der Waals surface area (Å²) < 4.78 is 0. The van der Waals surface area contributed by atoms with Gasteiger partial charge in [-0.15, -0.1) is 0 Å². The maximum Gasteiger partial charge on any atom is 0.0797 e. The van der Waals surface area contributed by atoms with Crippen molar-refractivity contribution in [3.05, 3.63) is 74.7 Å². The lowest BCUT2D eigenvalue weighted by Gasteiger charge is -2.06. The van der Waals surface area contributed by atoms with Gasteiger partial charge >= 0.3 is 0 Å². The number of H-pyrrole nitrogens is 1. The fourth-order valence-electron chi connectivity index (χ4n) is 3.25. The molecule has 0 bridgehead atoms. The minimum Gasteiger partial charge on any atom is -0.390 e. The van der Waals surface area contributed by atoms with E-state index in [1.165, 1.54) is 30.6 Å². The maximum atomic E-state index is 6.88. The van der Waals surface area contributed by atoms with E-state index < -0.39 is 0 Å². The largest absolute Gasteiger partial charge is 0.390 e. The molecule has 0 aliphatic carbocycles. The first kappa shape index (κ1) is 26.5. The molecule has 0 unspecified atom stereocenters. The molecule has 0 atom stereocenters. The highest BCUT2D eigenvalue weighted by Crippen LogP contribution is 2.32. The second-order valence-corrected chi connectivity index (χ2v) is 8.00. The summed E-state index contributed by atoms with van der Waals surface area (Å²) in [6, 6.07) is 15.3. The smallest absolute Gasteiger partial charge is 0.0797 e. The first-order chi connectivity index (χ1) is 16.0. The van der Waals surface area contributed by atoms with Crippen LogP contribution in [0.2, 0.25) is 15.1 Å². The van der Waals surface area contributed by atoms with Gasteiger partial charge in [-0.3, -0.25) is 4.99 Å². The first-order valence-corrected chi connectivity index (χ1v) is 11.2. The number of aromatic nitrogens is 1. The number of hydrogen-bond donors (Lipinski definition) is 5. The molecule has 4 rings (SSSR count). The quantitative estimate of drug-likeness (QED) is 0.166. The monoisotopic (exact) mass is 504 g/mol. The summed E-state index contributed by atoms with van der Waals surface area (Å²) in [5.41, 5.74) is 15.1. The van der Waals surface area contributed by atoms with E-state index in [-0.39, 0.29) is 0 Å². The Kier molecular flexibility index (Phi) is 10.5. The van der Waals surface area contributed by atoms with Crippen LogP contribution in [-0.2, 0) is 6.42 Å². The highest BCUT2D eigenvalue weighted by molar-refractivity contribution is 6.42. The third-order valence-electron chi connectivity index (χ3n) is 4.77. The van der Waals surface area contributed by atoms with Gasteiger partial charge in [0, 0.05) is 52.3 Å². The average Bonchev–Trinajstić information content (AvgIpc) is 3.20. The summed E-state index contributed by atoms with van der Waals surface area (Å²) in [5.74, 6) is 0. The highest BCUT2D eigenvalue weighted by atomic mass is 35.5. The average molecular weight is 506 g/mol. The molecule has 0 spiro atoms. The van der Waals surface area contributed by atoms with E-state index in [0.717, 1.165) is 39.1 Å². The van der Waals surface area contributed by atoms with E-state index in [4.69, 9.17) is 45.9 Å². The van der Waals surface area contributed by atoms with Gasteiger partial charge in [0.05, 0.1) is 16.4 Å². The van der Waals surface area contributed by atoms with Gasteiger partial charge in [-0.25, -0.2) is 0 Å². The summed E-state index contributed by atoms with van der Waals surface area (Å²) in [5, 5.41) is 14.2. The Morgan fingerprint density at radius 3 is 2.39 bits per heavy atom. The molecule has 1 aromatic heterocycles. The number of nitrogens with one attached hydrogen (secondary N) is 3. The Balaban J connectivity index is 0.000000270. The molecular weight excluding hydrogens is 479 g/mol. The number of halogens is 3. The molecule has 3 aromatic carbocycles. The van der Waals surface area contributed by atoms with Crippen LogP contribution in [0, 0.1) is 5.41 Å². The normalized spacial score (nSPS) is 10.5.